The highest BCUT2D eigenvalue weighted by Gasteiger charge is 2.28. The van der Waals surface area contributed by atoms with Crippen molar-refractivity contribution in [3.8, 4) is 5.69 Å². The van der Waals surface area contributed by atoms with Crippen LogP contribution in [0.1, 0.15) is 30.3 Å². The number of hydrogen-bond acceptors (Lipinski definition) is 3. The van der Waals surface area contributed by atoms with Gasteiger partial charge in [0.15, 0.2) is 5.69 Å². The van der Waals surface area contributed by atoms with Crippen LogP contribution in [-0.2, 0) is 0 Å². The second-order valence-corrected chi connectivity index (χ2v) is 6.14. The summed E-state index contributed by atoms with van der Waals surface area (Å²) in [7, 11) is 0. The lowest BCUT2D eigenvalue weighted by Crippen LogP contribution is -2.48. The first-order chi connectivity index (χ1) is 10.6. The van der Waals surface area contributed by atoms with Crippen LogP contribution in [0.2, 0.25) is 5.02 Å². The molecule has 1 saturated heterocycles. The highest BCUT2D eigenvalue weighted by molar-refractivity contribution is 6.32. The van der Waals surface area contributed by atoms with Gasteiger partial charge in [-0.15, -0.1) is 0 Å². The lowest BCUT2D eigenvalue weighted by molar-refractivity contribution is 0.0612. The van der Waals surface area contributed by atoms with Crippen molar-refractivity contribution in [2.75, 3.05) is 6.54 Å². The number of nitrogens with zero attached hydrogens (tertiary/aromatic N) is 3. The Morgan fingerprint density at radius 2 is 2.14 bits per heavy atom. The number of carbonyl (C=O) groups excluding carboxylic acids is 1. The number of piperidine rings is 1. The van der Waals surface area contributed by atoms with Crippen LogP contribution in [0.15, 0.2) is 36.5 Å². The molecule has 0 unspecified atom stereocenters. The quantitative estimate of drug-likeness (QED) is 0.925. The molecule has 1 aliphatic rings. The second-order valence-electron chi connectivity index (χ2n) is 5.73. The fraction of sp³-hybridized carbons (Fsp3) is 0.375. The largest absolute Gasteiger partial charge is 0.334 e. The zero-order chi connectivity index (χ0) is 15.7. The maximum Gasteiger partial charge on any atom is 0.274 e. The Hall–Kier alpha value is -1.85. The van der Waals surface area contributed by atoms with Crippen molar-refractivity contribution >= 4 is 17.5 Å². The molecule has 1 aromatic carbocycles. The van der Waals surface area contributed by atoms with Gasteiger partial charge in [-0.05, 0) is 38.0 Å². The van der Waals surface area contributed by atoms with Crippen LogP contribution in [-0.4, -0.2) is 39.2 Å². The molecule has 3 rings (SSSR count). The Balaban J connectivity index is 1.82. The predicted molar refractivity (Wildman–Crippen MR) is 86.3 cm³/mol. The summed E-state index contributed by atoms with van der Waals surface area (Å²) < 4.78 is 1.63. The number of nitrogens with two attached hydrogens (primary N) is 1. The summed E-state index contributed by atoms with van der Waals surface area (Å²) in [4.78, 5) is 14.5. The van der Waals surface area contributed by atoms with Crippen LogP contribution in [0, 0.1) is 0 Å². The van der Waals surface area contributed by atoms with Gasteiger partial charge in [0.25, 0.3) is 5.91 Å². The van der Waals surface area contributed by atoms with E-state index < -0.39 is 0 Å². The van der Waals surface area contributed by atoms with Gasteiger partial charge in [0.2, 0.25) is 0 Å². The maximum absolute atomic E-state index is 12.6. The van der Waals surface area contributed by atoms with Crippen LogP contribution in [0.3, 0.4) is 0 Å². The third-order valence-electron chi connectivity index (χ3n) is 4.09. The number of aromatic nitrogens is 2. The predicted octanol–water partition coefficient (Wildman–Crippen LogP) is 2.48. The topological polar surface area (TPSA) is 64.2 Å². The second kappa shape index (κ2) is 6.10. The van der Waals surface area contributed by atoms with Gasteiger partial charge in [-0.2, -0.15) is 5.10 Å². The van der Waals surface area contributed by atoms with Gasteiger partial charge in [-0.25, -0.2) is 4.68 Å². The van der Waals surface area contributed by atoms with Crippen LogP contribution in [0.4, 0.5) is 0 Å². The molecule has 1 aromatic heterocycles. The van der Waals surface area contributed by atoms with E-state index >= 15 is 0 Å². The molecule has 0 radical (unpaired) electrons. The smallest absolute Gasteiger partial charge is 0.274 e. The summed E-state index contributed by atoms with van der Waals surface area (Å²) in [6.45, 7) is 2.71. The molecule has 2 atom stereocenters. The number of likely N-dealkylation sites (tertiary alicyclic amines) is 1. The van der Waals surface area contributed by atoms with Gasteiger partial charge < -0.3 is 10.6 Å². The number of benzene rings is 1. The van der Waals surface area contributed by atoms with Crippen molar-refractivity contribution in [1.82, 2.24) is 14.7 Å². The van der Waals surface area contributed by atoms with E-state index in [4.69, 9.17) is 17.3 Å². The summed E-state index contributed by atoms with van der Waals surface area (Å²) in [5, 5.41) is 4.98. The number of halogens is 1. The standard InChI is InChI=1S/C16H19ClN4O/c1-11-10-12(18)6-8-20(11)16(22)14-7-9-21(19-14)15-5-3-2-4-13(15)17/h2-5,7,9,11-12H,6,8,10,18H2,1H3/t11-,12-/m0/s1. The zero-order valence-electron chi connectivity index (χ0n) is 12.4. The average molecular weight is 319 g/mol. The number of amides is 1. The van der Waals surface area contributed by atoms with Crippen molar-refractivity contribution < 1.29 is 4.79 Å². The Morgan fingerprint density at radius 1 is 1.36 bits per heavy atom. The normalized spacial score (nSPS) is 21.9. The third kappa shape index (κ3) is 2.87. The average Bonchev–Trinajstić information content (AvgIpc) is 2.97. The van der Waals surface area contributed by atoms with E-state index in [9.17, 15) is 4.79 Å². The number of para-hydroxylation sites is 1. The van der Waals surface area contributed by atoms with Gasteiger partial charge in [-0.1, -0.05) is 23.7 Å². The lowest BCUT2D eigenvalue weighted by atomic mass is 9.99. The summed E-state index contributed by atoms with van der Waals surface area (Å²) >= 11 is 6.17. The first kappa shape index (κ1) is 15.1. The molecule has 5 nitrogen and oxygen atoms in total. The van der Waals surface area contributed by atoms with Gasteiger partial charge in [0.05, 0.1) is 10.7 Å². The first-order valence-corrected chi connectivity index (χ1v) is 7.81. The van der Waals surface area contributed by atoms with Crippen molar-refractivity contribution in [2.24, 2.45) is 5.73 Å². The minimum atomic E-state index is -0.0507. The first-order valence-electron chi connectivity index (χ1n) is 7.43. The molecule has 1 aliphatic heterocycles. The van der Waals surface area contributed by atoms with Crippen molar-refractivity contribution in [3.05, 3.63) is 47.2 Å². The lowest BCUT2D eigenvalue weighted by Gasteiger charge is -2.35. The van der Waals surface area contributed by atoms with E-state index in [1.54, 1.807) is 23.0 Å². The minimum Gasteiger partial charge on any atom is -0.334 e. The Morgan fingerprint density at radius 3 is 2.86 bits per heavy atom. The van der Waals surface area contributed by atoms with Gasteiger partial charge >= 0.3 is 0 Å². The maximum atomic E-state index is 12.6. The monoisotopic (exact) mass is 318 g/mol. The molecule has 2 aromatic rings. The summed E-state index contributed by atoms with van der Waals surface area (Å²) in [5.41, 5.74) is 7.14. The molecule has 0 bridgehead atoms. The fourth-order valence-electron chi connectivity index (χ4n) is 2.87. The van der Waals surface area contributed by atoms with Gasteiger partial charge in [-0.3, -0.25) is 4.79 Å². The van der Waals surface area contributed by atoms with E-state index in [-0.39, 0.29) is 18.0 Å². The van der Waals surface area contributed by atoms with Crippen LogP contribution in [0.25, 0.3) is 5.69 Å². The molecule has 2 heterocycles. The molecule has 116 valence electrons. The summed E-state index contributed by atoms with van der Waals surface area (Å²) in [6, 6.07) is 9.47. The molecule has 22 heavy (non-hydrogen) atoms. The van der Waals surface area contributed by atoms with E-state index in [0.29, 0.717) is 17.3 Å². The molecule has 0 saturated carbocycles. The Labute approximate surface area is 134 Å². The molecular weight excluding hydrogens is 300 g/mol. The fourth-order valence-corrected chi connectivity index (χ4v) is 3.09. The molecule has 1 amide bonds. The molecule has 6 heteroatoms. The van der Waals surface area contributed by atoms with E-state index in [2.05, 4.69) is 5.10 Å². The number of carbonyl (C=O) groups is 1. The van der Waals surface area contributed by atoms with Gasteiger partial charge in [0.1, 0.15) is 0 Å². The van der Waals surface area contributed by atoms with Crippen molar-refractivity contribution in [1.29, 1.82) is 0 Å². The molecule has 0 spiro atoms. The molecular formula is C16H19ClN4O. The number of hydrogen-bond donors (Lipinski definition) is 1. The minimum absolute atomic E-state index is 0.0507. The molecule has 0 aliphatic carbocycles. The third-order valence-corrected chi connectivity index (χ3v) is 4.40. The van der Waals surface area contributed by atoms with Crippen LogP contribution in [0.5, 0.6) is 0 Å². The van der Waals surface area contributed by atoms with E-state index in [1.807, 2.05) is 30.0 Å². The van der Waals surface area contributed by atoms with E-state index in [0.717, 1.165) is 18.5 Å². The highest BCUT2D eigenvalue weighted by atomic mass is 35.5. The van der Waals surface area contributed by atoms with E-state index in [1.165, 1.54) is 0 Å². The SMILES string of the molecule is C[C@H]1C[C@@H](N)CCN1C(=O)c1ccn(-c2ccccc2Cl)n1. The summed E-state index contributed by atoms with van der Waals surface area (Å²) in [6.07, 6.45) is 3.42. The Bertz CT molecular complexity index is 684. The molecule has 2 N–H and O–H groups in total. The number of rotatable bonds is 2. The van der Waals surface area contributed by atoms with Crippen molar-refractivity contribution in [2.45, 2.75) is 31.8 Å². The van der Waals surface area contributed by atoms with Gasteiger partial charge in [0, 0.05) is 24.8 Å². The van der Waals surface area contributed by atoms with Crippen LogP contribution >= 0.6 is 11.6 Å². The van der Waals surface area contributed by atoms with Crippen molar-refractivity contribution in [3.63, 3.8) is 0 Å². The summed E-state index contributed by atoms with van der Waals surface area (Å²) in [5.74, 6) is -0.0507. The Kier molecular flexibility index (Phi) is 4.18. The molecule has 1 fully saturated rings. The van der Waals surface area contributed by atoms with Crippen LogP contribution < -0.4 is 5.73 Å². The highest BCUT2D eigenvalue weighted by Crippen LogP contribution is 2.21. The zero-order valence-corrected chi connectivity index (χ0v) is 13.2.